The lowest BCUT2D eigenvalue weighted by atomic mass is 10.1. The molecule has 1 saturated heterocycles. The number of ether oxygens (including phenoxy) is 1. The smallest absolute Gasteiger partial charge is 0.241 e. The molecule has 0 bridgehead atoms. The molecule has 4 rings (SSSR count). The van der Waals surface area contributed by atoms with Gasteiger partial charge in [-0.1, -0.05) is 0 Å². The number of nitriles is 1. The zero-order chi connectivity index (χ0) is 23.9. The summed E-state index contributed by atoms with van der Waals surface area (Å²) < 4.78 is 5.11. The molecule has 1 aliphatic heterocycles. The Morgan fingerprint density at radius 2 is 1.94 bits per heavy atom. The summed E-state index contributed by atoms with van der Waals surface area (Å²) in [5, 5.41) is 15.2. The lowest BCUT2D eigenvalue weighted by molar-refractivity contribution is -0.131. The molecule has 1 saturated carbocycles. The molecule has 2 aliphatic rings. The van der Waals surface area contributed by atoms with Crippen molar-refractivity contribution in [3.8, 4) is 17.3 Å². The number of pyridine rings is 1. The Balaban J connectivity index is 1.35. The average molecular weight is 465 g/mol. The van der Waals surface area contributed by atoms with E-state index < -0.39 is 0 Å². The van der Waals surface area contributed by atoms with Crippen LogP contribution in [0.5, 0.6) is 0 Å². The van der Waals surface area contributed by atoms with E-state index in [9.17, 15) is 14.9 Å². The van der Waals surface area contributed by atoms with Crippen molar-refractivity contribution in [2.75, 3.05) is 63.6 Å². The van der Waals surface area contributed by atoms with Crippen LogP contribution < -0.4 is 10.6 Å². The van der Waals surface area contributed by atoms with E-state index >= 15 is 0 Å². The van der Waals surface area contributed by atoms with Gasteiger partial charge in [0.15, 0.2) is 11.5 Å². The predicted octanol–water partition coefficient (Wildman–Crippen LogP) is 0.961. The number of hydrogen-bond acceptors (Lipinski definition) is 9. The highest BCUT2D eigenvalue weighted by Gasteiger charge is 2.29. The molecule has 178 valence electrons. The van der Waals surface area contributed by atoms with E-state index in [1.54, 1.807) is 19.4 Å². The van der Waals surface area contributed by atoms with Crippen molar-refractivity contribution >= 4 is 23.3 Å². The van der Waals surface area contributed by atoms with Crippen molar-refractivity contribution in [1.82, 2.24) is 24.8 Å². The first-order chi connectivity index (χ1) is 16.6. The van der Waals surface area contributed by atoms with Crippen LogP contribution in [-0.4, -0.2) is 89.6 Å². The fraction of sp³-hybridized carbons (Fsp3) is 0.478. The van der Waals surface area contributed by atoms with E-state index in [-0.39, 0.29) is 30.0 Å². The summed E-state index contributed by atoms with van der Waals surface area (Å²) in [6.45, 7) is 4.54. The Morgan fingerprint density at radius 3 is 2.59 bits per heavy atom. The summed E-state index contributed by atoms with van der Waals surface area (Å²) in [6.07, 6.45) is 6.41. The number of piperazine rings is 1. The number of hydrogen-bond donors (Lipinski definition) is 2. The highest BCUT2D eigenvalue weighted by Crippen LogP contribution is 2.30. The molecule has 2 aromatic heterocycles. The fourth-order valence-corrected chi connectivity index (χ4v) is 3.67. The van der Waals surface area contributed by atoms with Crippen LogP contribution in [0.2, 0.25) is 0 Å². The Bertz CT molecular complexity index is 1060. The van der Waals surface area contributed by atoms with E-state index in [1.807, 2.05) is 11.0 Å². The summed E-state index contributed by atoms with van der Waals surface area (Å²) in [5.41, 5.74) is 1.85. The summed E-state index contributed by atoms with van der Waals surface area (Å²) in [6, 6.07) is 3.78. The molecule has 0 unspecified atom stereocenters. The molecule has 34 heavy (non-hydrogen) atoms. The van der Waals surface area contributed by atoms with E-state index in [0.29, 0.717) is 42.5 Å². The van der Waals surface area contributed by atoms with Gasteiger partial charge in [-0.2, -0.15) is 5.26 Å². The lowest BCUT2D eigenvalue weighted by Gasteiger charge is -2.34. The second-order valence-electron chi connectivity index (χ2n) is 8.35. The quantitative estimate of drug-likeness (QED) is 0.556. The number of nitrogens with zero attached hydrogens (tertiary/aromatic N) is 6. The van der Waals surface area contributed by atoms with Crippen molar-refractivity contribution in [3.63, 3.8) is 0 Å². The maximum Gasteiger partial charge on any atom is 0.241 e. The van der Waals surface area contributed by atoms with Crippen molar-refractivity contribution in [1.29, 1.82) is 5.26 Å². The minimum atomic E-state index is -0.0327. The number of aromatic nitrogens is 3. The number of rotatable bonds is 9. The normalized spacial score (nSPS) is 16.1. The van der Waals surface area contributed by atoms with Crippen molar-refractivity contribution in [2.24, 2.45) is 5.92 Å². The predicted molar refractivity (Wildman–Crippen MR) is 125 cm³/mol. The average Bonchev–Trinajstić information content (AvgIpc) is 3.72. The van der Waals surface area contributed by atoms with E-state index in [0.717, 1.165) is 32.5 Å². The van der Waals surface area contributed by atoms with Gasteiger partial charge in [0.05, 0.1) is 36.9 Å². The van der Waals surface area contributed by atoms with Crippen molar-refractivity contribution < 1.29 is 14.3 Å². The Kier molecular flexibility index (Phi) is 7.61. The van der Waals surface area contributed by atoms with Gasteiger partial charge in [-0.05, 0) is 18.9 Å². The van der Waals surface area contributed by atoms with Gasteiger partial charge < -0.3 is 20.3 Å². The van der Waals surface area contributed by atoms with Crippen LogP contribution in [-0.2, 0) is 14.3 Å². The molecule has 1 aliphatic carbocycles. The first-order valence-corrected chi connectivity index (χ1v) is 11.3. The Hall–Kier alpha value is -3.62. The first kappa shape index (κ1) is 23.5. The molecule has 2 N–H and O–H groups in total. The van der Waals surface area contributed by atoms with Gasteiger partial charge in [0.2, 0.25) is 11.8 Å². The monoisotopic (exact) mass is 464 g/mol. The zero-order valence-electron chi connectivity index (χ0n) is 19.2. The van der Waals surface area contributed by atoms with Crippen molar-refractivity contribution in [2.45, 2.75) is 12.8 Å². The number of nitrogens with one attached hydrogen (secondary N) is 2. The highest BCUT2D eigenvalue weighted by atomic mass is 16.5. The standard InChI is InChI=1S/C23H28N8O3/c1-34-9-8-30-4-6-31(7-5-30)22(32)15-27-18-10-17(12-25-19(18)11-24)20-13-28-21(14-26-20)29-23(33)16-2-3-16/h10,12-14,16,27H,2-9,15H2,1H3,(H,28,29,33). The summed E-state index contributed by atoms with van der Waals surface area (Å²) >= 11 is 0. The van der Waals surface area contributed by atoms with E-state index in [2.05, 4.69) is 30.5 Å². The molecule has 11 nitrogen and oxygen atoms in total. The number of methoxy groups -OCH3 is 1. The maximum absolute atomic E-state index is 12.7. The molecular weight excluding hydrogens is 436 g/mol. The summed E-state index contributed by atoms with van der Waals surface area (Å²) in [7, 11) is 1.68. The number of amides is 2. The van der Waals surface area contributed by atoms with Gasteiger partial charge in [0.1, 0.15) is 6.07 Å². The lowest BCUT2D eigenvalue weighted by Crippen LogP contribution is -2.50. The van der Waals surface area contributed by atoms with Gasteiger partial charge in [-0.15, -0.1) is 0 Å². The van der Waals surface area contributed by atoms with Crippen LogP contribution in [0.15, 0.2) is 24.7 Å². The van der Waals surface area contributed by atoms with Crippen LogP contribution in [0.4, 0.5) is 11.5 Å². The number of anilines is 2. The molecular formula is C23H28N8O3. The molecule has 2 fully saturated rings. The second-order valence-corrected chi connectivity index (χ2v) is 8.35. The number of carbonyl (C=O) groups excluding carboxylic acids is 2. The van der Waals surface area contributed by atoms with Crippen LogP contribution in [0.3, 0.4) is 0 Å². The van der Waals surface area contributed by atoms with Gasteiger partial charge in [0.25, 0.3) is 0 Å². The molecule has 11 heteroatoms. The Morgan fingerprint density at radius 1 is 1.15 bits per heavy atom. The third kappa shape index (κ3) is 6.03. The molecule has 0 aromatic carbocycles. The highest BCUT2D eigenvalue weighted by molar-refractivity contribution is 5.93. The van der Waals surface area contributed by atoms with Gasteiger partial charge >= 0.3 is 0 Å². The van der Waals surface area contributed by atoms with E-state index in [1.165, 1.54) is 12.4 Å². The molecule has 0 atom stereocenters. The summed E-state index contributed by atoms with van der Waals surface area (Å²) in [5.74, 6) is 0.416. The zero-order valence-corrected chi connectivity index (χ0v) is 19.2. The molecule has 0 spiro atoms. The Labute approximate surface area is 198 Å². The molecule has 3 heterocycles. The second kappa shape index (κ2) is 11.0. The van der Waals surface area contributed by atoms with Crippen LogP contribution in [0.25, 0.3) is 11.3 Å². The minimum absolute atomic E-state index is 0.0313. The molecule has 0 radical (unpaired) electrons. The summed E-state index contributed by atoms with van der Waals surface area (Å²) in [4.78, 5) is 41.5. The van der Waals surface area contributed by atoms with Gasteiger partial charge in [-0.25, -0.2) is 9.97 Å². The molecule has 2 aromatic rings. The first-order valence-electron chi connectivity index (χ1n) is 11.3. The third-order valence-electron chi connectivity index (χ3n) is 5.91. The minimum Gasteiger partial charge on any atom is -0.383 e. The van der Waals surface area contributed by atoms with Gasteiger partial charge in [-0.3, -0.25) is 19.5 Å². The fourth-order valence-electron chi connectivity index (χ4n) is 3.67. The van der Waals surface area contributed by atoms with Crippen LogP contribution in [0, 0.1) is 17.2 Å². The molecule has 2 amide bonds. The van der Waals surface area contributed by atoms with Crippen LogP contribution in [0.1, 0.15) is 18.5 Å². The van der Waals surface area contributed by atoms with Crippen LogP contribution >= 0.6 is 0 Å². The topological polar surface area (TPSA) is 136 Å². The third-order valence-corrected chi connectivity index (χ3v) is 5.91. The maximum atomic E-state index is 12.7. The number of carbonyl (C=O) groups is 2. The van der Waals surface area contributed by atoms with Gasteiger partial charge in [0, 0.05) is 57.5 Å². The van der Waals surface area contributed by atoms with E-state index in [4.69, 9.17) is 4.74 Å². The largest absolute Gasteiger partial charge is 0.383 e. The SMILES string of the molecule is COCCN1CCN(C(=O)CNc2cc(-c3cnc(NC(=O)C4CC4)cn3)cnc2C#N)CC1. The van der Waals surface area contributed by atoms with Crippen molar-refractivity contribution in [3.05, 3.63) is 30.4 Å².